The Kier molecular flexibility index (Phi) is 5.74. The van der Waals surface area contributed by atoms with Crippen LogP contribution in [0.25, 0.3) is 0 Å². The SMILES string of the molecule is CCOC(=O)N1CCC(N=C(N)NC(C)C)CC1. The van der Waals surface area contributed by atoms with Gasteiger partial charge in [-0.3, -0.25) is 0 Å². The molecular weight excluding hydrogens is 232 g/mol. The first-order valence-electron chi connectivity index (χ1n) is 6.54. The summed E-state index contributed by atoms with van der Waals surface area (Å²) in [6.07, 6.45) is 1.44. The number of hydrogen-bond donors (Lipinski definition) is 2. The number of hydrogen-bond acceptors (Lipinski definition) is 3. The molecule has 1 rings (SSSR count). The van der Waals surface area contributed by atoms with Gasteiger partial charge in [0.1, 0.15) is 0 Å². The number of rotatable bonds is 3. The van der Waals surface area contributed by atoms with E-state index < -0.39 is 0 Å². The largest absolute Gasteiger partial charge is 0.450 e. The average molecular weight is 256 g/mol. The number of carbonyl (C=O) groups excluding carboxylic acids is 1. The molecule has 1 amide bonds. The number of aliphatic imine (C=N–C) groups is 1. The molecule has 1 aliphatic rings. The minimum Gasteiger partial charge on any atom is -0.450 e. The van der Waals surface area contributed by atoms with Gasteiger partial charge in [0, 0.05) is 19.1 Å². The smallest absolute Gasteiger partial charge is 0.409 e. The van der Waals surface area contributed by atoms with Gasteiger partial charge < -0.3 is 20.7 Å². The Labute approximate surface area is 109 Å². The van der Waals surface area contributed by atoms with E-state index in [4.69, 9.17) is 10.5 Å². The Morgan fingerprint density at radius 2 is 2.11 bits per heavy atom. The normalized spacial score (nSPS) is 18.0. The van der Waals surface area contributed by atoms with Crippen molar-refractivity contribution in [2.45, 2.75) is 45.7 Å². The Bertz CT molecular complexity index is 296. The number of likely N-dealkylation sites (tertiary alicyclic amines) is 1. The Morgan fingerprint density at radius 1 is 1.50 bits per heavy atom. The highest BCUT2D eigenvalue weighted by atomic mass is 16.6. The molecule has 0 radical (unpaired) electrons. The number of ether oxygens (including phenoxy) is 1. The molecule has 0 saturated carbocycles. The van der Waals surface area contributed by atoms with E-state index in [1.54, 1.807) is 4.90 Å². The van der Waals surface area contributed by atoms with Gasteiger partial charge in [-0.05, 0) is 33.6 Å². The summed E-state index contributed by atoms with van der Waals surface area (Å²) in [6.45, 7) is 7.64. The predicted molar refractivity (Wildman–Crippen MR) is 71.5 cm³/mol. The van der Waals surface area contributed by atoms with Crippen LogP contribution >= 0.6 is 0 Å². The van der Waals surface area contributed by atoms with E-state index in [2.05, 4.69) is 10.3 Å². The fourth-order valence-corrected chi connectivity index (χ4v) is 1.92. The second-order valence-corrected chi connectivity index (χ2v) is 4.73. The van der Waals surface area contributed by atoms with E-state index in [1.807, 2.05) is 20.8 Å². The molecule has 18 heavy (non-hydrogen) atoms. The van der Waals surface area contributed by atoms with Gasteiger partial charge in [0.25, 0.3) is 0 Å². The fraction of sp³-hybridized carbons (Fsp3) is 0.833. The molecule has 0 atom stereocenters. The van der Waals surface area contributed by atoms with Crippen molar-refractivity contribution in [2.24, 2.45) is 10.7 Å². The van der Waals surface area contributed by atoms with Crippen LogP contribution in [0.4, 0.5) is 4.79 Å². The summed E-state index contributed by atoms with van der Waals surface area (Å²) < 4.78 is 4.96. The molecule has 1 aliphatic heterocycles. The molecule has 6 heteroatoms. The molecule has 0 aliphatic carbocycles. The summed E-state index contributed by atoms with van der Waals surface area (Å²) in [6, 6.07) is 0.482. The van der Waals surface area contributed by atoms with Crippen molar-refractivity contribution in [3.8, 4) is 0 Å². The minimum absolute atomic E-state index is 0.196. The van der Waals surface area contributed by atoms with Crippen LogP contribution in [0, 0.1) is 0 Å². The summed E-state index contributed by atoms with van der Waals surface area (Å²) in [7, 11) is 0. The maximum atomic E-state index is 11.5. The van der Waals surface area contributed by atoms with Crippen LogP contribution in [0.2, 0.25) is 0 Å². The van der Waals surface area contributed by atoms with Crippen LogP contribution in [0.15, 0.2) is 4.99 Å². The summed E-state index contributed by atoms with van der Waals surface area (Å²) in [5.41, 5.74) is 5.78. The molecule has 0 spiro atoms. The Morgan fingerprint density at radius 3 is 2.61 bits per heavy atom. The second-order valence-electron chi connectivity index (χ2n) is 4.73. The standard InChI is InChI=1S/C12H24N4O2/c1-4-18-12(17)16-7-5-10(6-8-16)15-11(13)14-9(2)3/h9-10H,4-8H2,1-3H3,(H3,13,14,15). The van der Waals surface area contributed by atoms with Crippen molar-refractivity contribution >= 4 is 12.1 Å². The van der Waals surface area contributed by atoms with E-state index in [0.717, 1.165) is 12.8 Å². The van der Waals surface area contributed by atoms with Gasteiger partial charge in [-0.1, -0.05) is 0 Å². The third-order valence-electron chi connectivity index (χ3n) is 2.75. The predicted octanol–water partition coefficient (Wildman–Crippen LogP) is 0.920. The van der Waals surface area contributed by atoms with Crippen LogP contribution < -0.4 is 11.1 Å². The zero-order valence-electron chi connectivity index (χ0n) is 11.5. The number of carbonyl (C=O) groups is 1. The molecule has 1 heterocycles. The average Bonchev–Trinajstić information content (AvgIpc) is 2.29. The van der Waals surface area contributed by atoms with Gasteiger partial charge in [-0.2, -0.15) is 0 Å². The molecule has 104 valence electrons. The number of nitrogens with zero attached hydrogens (tertiary/aromatic N) is 2. The van der Waals surface area contributed by atoms with Crippen molar-refractivity contribution < 1.29 is 9.53 Å². The van der Waals surface area contributed by atoms with Crippen molar-refractivity contribution in [1.82, 2.24) is 10.2 Å². The van der Waals surface area contributed by atoms with E-state index >= 15 is 0 Å². The molecule has 0 aromatic rings. The summed E-state index contributed by atoms with van der Waals surface area (Å²) in [5, 5.41) is 3.07. The lowest BCUT2D eigenvalue weighted by Crippen LogP contribution is -2.42. The Hall–Kier alpha value is -1.46. The molecular formula is C12H24N4O2. The highest BCUT2D eigenvalue weighted by Crippen LogP contribution is 2.14. The maximum Gasteiger partial charge on any atom is 0.409 e. The number of nitrogens with two attached hydrogens (primary N) is 1. The first kappa shape index (κ1) is 14.6. The van der Waals surface area contributed by atoms with Crippen LogP contribution in [0.1, 0.15) is 33.6 Å². The molecule has 0 aromatic heterocycles. The lowest BCUT2D eigenvalue weighted by atomic mass is 10.1. The highest BCUT2D eigenvalue weighted by Gasteiger charge is 2.23. The van der Waals surface area contributed by atoms with Crippen molar-refractivity contribution in [1.29, 1.82) is 0 Å². The van der Waals surface area contributed by atoms with Gasteiger partial charge in [-0.15, -0.1) is 0 Å². The maximum absolute atomic E-state index is 11.5. The van der Waals surface area contributed by atoms with E-state index in [-0.39, 0.29) is 18.2 Å². The topological polar surface area (TPSA) is 80.0 Å². The number of nitrogens with one attached hydrogen (secondary N) is 1. The van der Waals surface area contributed by atoms with Gasteiger partial charge in [-0.25, -0.2) is 9.79 Å². The monoisotopic (exact) mass is 256 g/mol. The van der Waals surface area contributed by atoms with Crippen LogP contribution in [0.3, 0.4) is 0 Å². The van der Waals surface area contributed by atoms with Gasteiger partial charge in [0.05, 0.1) is 12.6 Å². The zero-order valence-corrected chi connectivity index (χ0v) is 11.5. The van der Waals surface area contributed by atoms with Crippen LogP contribution in [-0.4, -0.2) is 48.7 Å². The van der Waals surface area contributed by atoms with E-state index in [9.17, 15) is 4.79 Å². The molecule has 0 bridgehead atoms. The first-order chi connectivity index (χ1) is 8.52. The summed E-state index contributed by atoms with van der Waals surface area (Å²) in [5.74, 6) is 0.486. The fourth-order valence-electron chi connectivity index (χ4n) is 1.92. The third-order valence-corrected chi connectivity index (χ3v) is 2.75. The quantitative estimate of drug-likeness (QED) is 0.581. The molecule has 0 aromatic carbocycles. The number of amides is 1. The van der Waals surface area contributed by atoms with Gasteiger partial charge in [0.15, 0.2) is 5.96 Å². The van der Waals surface area contributed by atoms with Gasteiger partial charge >= 0.3 is 6.09 Å². The lowest BCUT2D eigenvalue weighted by molar-refractivity contribution is 0.0975. The minimum atomic E-state index is -0.229. The van der Waals surface area contributed by atoms with Crippen molar-refractivity contribution in [3.63, 3.8) is 0 Å². The molecule has 1 saturated heterocycles. The van der Waals surface area contributed by atoms with Gasteiger partial charge in [0.2, 0.25) is 0 Å². The second kappa shape index (κ2) is 7.08. The van der Waals surface area contributed by atoms with Crippen molar-refractivity contribution in [2.75, 3.05) is 19.7 Å². The first-order valence-corrected chi connectivity index (χ1v) is 6.54. The molecule has 6 nitrogen and oxygen atoms in total. The van der Waals surface area contributed by atoms with Crippen LogP contribution in [-0.2, 0) is 4.74 Å². The van der Waals surface area contributed by atoms with Crippen molar-refractivity contribution in [3.05, 3.63) is 0 Å². The zero-order chi connectivity index (χ0) is 13.5. The number of guanidine groups is 1. The molecule has 0 unspecified atom stereocenters. The Balaban J connectivity index is 2.37. The van der Waals surface area contributed by atoms with E-state index in [0.29, 0.717) is 25.7 Å². The lowest BCUT2D eigenvalue weighted by Gasteiger charge is -2.29. The highest BCUT2D eigenvalue weighted by molar-refractivity contribution is 5.78. The molecule has 3 N–H and O–H groups in total. The summed E-state index contributed by atoms with van der Waals surface area (Å²) in [4.78, 5) is 17.6. The van der Waals surface area contributed by atoms with E-state index in [1.165, 1.54) is 0 Å². The summed E-state index contributed by atoms with van der Waals surface area (Å²) >= 11 is 0. The molecule has 1 fully saturated rings. The third kappa shape index (κ3) is 4.81. The number of piperidine rings is 1. The van der Waals surface area contributed by atoms with Crippen LogP contribution in [0.5, 0.6) is 0 Å².